The van der Waals surface area contributed by atoms with Gasteiger partial charge in [0.25, 0.3) is 0 Å². The molecule has 1 aliphatic rings. The van der Waals surface area contributed by atoms with Crippen LogP contribution in [0.2, 0.25) is 0 Å². The van der Waals surface area contributed by atoms with Gasteiger partial charge in [0.05, 0.1) is 11.5 Å². The first-order valence-corrected chi connectivity index (χ1v) is 8.43. The van der Waals surface area contributed by atoms with Crippen LogP contribution in [0, 0.1) is 0 Å². The minimum Gasteiger partial charge on any atom is -0.354 e. The van der Waals surface area contributed by atoms with E-state index in [0.717, 1.165) is 17.9 Å². The van der Waals surface area contributed by atoms with Crippen LogP contribution in [0.4, 0.5) is 5.82 Å². The van der Waals surface area contributed by atoms with Crippen LogP contribution in [-0.2, 0) is 16.4 Å². The summed E-state index contributed by atoms with van der Waals surface area (Å²) >= 11 is 0. The molecule has 0 saturated carbocycles. The zero-order valence-corrected chi connectivity index (χ0v) is 12.3. The van der Waals surface area contributed by atoms with E-state index < -0.39 is 9.84 Å². The molecule has 1 N–H and O–H groups in total. The van der Waals surface area contributed by atoms with Gasteiger partial charge in [-0.2, -0.15) is 0 Å². The van der Waals surface area contributed by atoms with E-state index >= 15 is 0 Å². The van der Waals surface area contributed by atoms with Gasteiger partial charge >= 0.3 is 0 Å². The third-order valence-electron chi connectivity index (χ3n) is 3.21. The first-order valence-electron chi connectivity index (χ1n) is 6.60. The molecule has 6 heteroatoms. The fraction of sp³-hybridized carbons (Fsp3) is 0.615. The van der Waals surface area contributed by atoms with Gasteiger partial charge in [-0.15, -0.1) is 0 Å². The zero-order chi connectivity index (χ0) is 13.9. The highest BCUT2D eigenvalue weighted by molar-refractivity contribution is 7.91. The Labute approximate surface area is 114 Å². The summed E-state index contributed by atoms with van der Waals surface area (Å²) in [6.45, 7) is 6.03. The van der Waals surface area contributed by atoms with E-state index in [4.69, 9.17) is 0 Å². The molecule has 0 aliphatic carbocycles. The van der Waals surface area contributed by atoms with Gasteiger partial charge in [-0.05, 0) is 6.07 Å². The van der Waals surface area contributed by atoms with Gasteiger partial charge in [-0.1, -0.05) is 19.9 Å². The van der Waals surface area contributed by atoms with Crippen LogP contribution in [-0.4, -0.2) is 44.0 Å². The summed E-state index contributed by atoms with van der Waals surface area (Å²) in [5, 5.41) is 3.37. The average Bonchev–Trinajstić information content (AvgIpc) is 2.37. The molecule has 1 aromatic heterocycles. The number of aromatic nitrogens is 1. The van der Waals surface area contributed by atoms with Crippen molar-refractivity contribution < 1.29 is 8.42 Å². The highest BCUT2D eigenvalue weighted by atomic mass is 32.2. The molecule has 0 spiro atoms. The van der Waals surface area contributed by atoms with Crippen LogP contribution >= 0.6 is 0 Å². The van der Waals surface area contributed by atoms with Crippen LogP contribution in [0.5, 0.6) is 0 Å². The number of hydrogen-bond acceptors (Lipinski definition) is 5. The quantitative estimate of drug-likeness (QED) is 0.886. The number of anilines is 1. The van der Waals surface area contributed by atoms with Crippen molar-refractivity contribution in [2.75, 3.05) is 29.5 Å². The predicted molar refractivity (Wildman–Crippen MR) is 77.1 cm³/mol. The molecule has 1 saturated heterocycles. The summed E-state index contributed by atoms with van der Waals surface area (Å²) in [5.74, 6) is 1.35. The van der Waals surface area contributed by atoms with E-state index in [1.54, 1.807) is 6.20 Å². The molecule has 0 atom stereocenters. The Morgan fingerprint density at radius 2 is 2.05 bits per heavy atom. The van der Waals surface area contributed by atoms with Crippen molar-refractivity contribution in [3.8, 4) is 0 Å². The summed E-state index contributed by atoms with van der Waals surface area (Å²) in [7, 11) is -2.85. The van der Waals surface area contributed by atoms with Crippen LogP contribution in [0.25, 0.3) is 0 Å². The van der Waals surface area contributed by atoms with Gasteiger partial charge in [-0.3, -0.25) is 0 Å². The molecular formula is C13H21N3O2S. The minimum absolute atomic E-state index is 0.223. The molecule has 0 unspecified atom stereocenters. The fourth-order valence-electron chi connectivity index (χ4n) is 2.09. The lowest BCUT2D eigenvalue weighted by Crippen LogP contribution is -2.41. The van der Waals surface area contributed by atoms with Gasteiger partial charge in [0.1, 0.15) is 5.82 Å². The number of rotatable bonds is 4. The fourth-order valence-corrected chi connectivity index (χ4v) is 3.29. The van der Waals surface area contributed by atoms with Crippen molar-refractivity contribution in [1.82, 2.24) is 10.3 Å². The molecule has 1 aromatic rings. The minimum atomic E-state index is -2.85. The second kappa shape index (κ2) is 5.88. The number of nitrogens with zero attached hydrogens (tertiary/aromatic N) is 2. The normalized spacial score (nSPS) is 18.8. The lowest BCUT2D eigenvalue weighted by molar-refractivity contribution is 0.580. The Bertz CT molecular complexity index is 514. The van der Waals surface area contributed by atoms with E-state index in [-0.39, 0.29) is 11.5 Å². The third-order valence-corrected chi connectivity index (χ3v) is 4.82. The molecule has 106 valence electrons. The van der Waals surface area contributed by atoms with Crippen molar-refractivity contribution in [3.05, 3.63) is 23.9 Å². The Morgan fingerprint density at radius 1 is 1.37 bits per heavy atom. The molecular weight excluding hydrogens is 262 g/mol. The zero-order valence-electron chi connectivity index (χ0n) is 11.5. The summed E-state index contributed by atoms with van der Waals surface area (Å²) < 4.78 is 22.9. The summed E-state index contributed by atoms with van der Waals surface area (Å²) in [6.07, 6.45) is 1.76. The Balaban J connectivity index is 2.11. The second-order valence-electron chi connectivity index (χ2n) is 5.16. The largest absolute Gasteiger partial charge is 0.354 e. The topological polar surface area (TPSA) is 62.3 Å². The summed E-state index contributed by atoms with van der Waals surface area (Å²) in [5.41, 5.74) is 1.12. The highest BCUT2D eigenvalue weighted by Crippen LogP contribution is 2.19. The van der Waals surface area contributed by atoms with Crippen molar-refractivity contribution in [2.45, 2.75) is 26.4 Å². The summed E-state index contributed by atoms with van der Waals surface area (Å²) in [4.78, 5) is 6.49. The number of sulfone groups is 1. The smallest absolute Gasteiger partial charge is 0.153 e. The van der Waals surface area contributed by atoms with E-state index in [1.807, 2.05) is 12.1 Å². The van der Waals surface area contributed by atoms with E-state index in [1.165, 1.54) is 0 Å². The molecule has 1 aliphatic heterocycles. The van der Waals surface area contributed by atoms with Crippen LogP contribution in [0.15, 0.2) is 18.3 Å². The molecule has 0 aromatic carbocycles. The molecule has 19 heavy (non-hydrogen) atoms. The lowest BCUT2D eigenvalue weighted by atomic mass is 10.2. The number of pyridine rings is 1. The SMILES string of the molecule is CC(C)NCc1cccnc1N1CCS(=O)(=O)CC1. The first kappa shape index (κ1) is 14.3. The van der Waals surface area contributed by atoms with Crippen molar-refractivity contribution in [1.29, 1.82) is 0 Å². The van der Waals surface area contributed by atoms with Crippen LogP contribution in [0.1, 0.15) is 19.4 Å². The second-order valence-corrected chi connectivity index (χ2v) is 7.46. The Morgan fingerprint density at radius 3 is 2.68 bits per heavy atom. The highest BCUT2D eigenvalue weighted by Gasteiger charge is 2.23. The number of hydrogen-bond donors (Lipinski definition) is 1. The predicted octanol–water partition coefficient (Wildman–Crippen LogP) is 0.814. The molecule has 0 amide bonds. The first-order chi connectivity index (χ1) is 8.98. The lowest BCUT2D eigenvalue weighted by Gasteiger charge is -2.29. The van der Waals surface area contributed by atoms with Crippen molar-refractivity contribution in [3.63, 3.8) is 0 Å². The molecule has 5 nitrogen and oxygen atoms in total. The maximum absolute atomic E-state index is 11.5. The third kappa shape index (κ3) is 3.91. The summed E-state index contributed by atoms with van der Waals surface area (Å²) in [6, 6.07) is 4.37. The monoisotopic (exact) mass is 283 g/mol. The van der Waals surface area contributed by atoms with Crippen LogP contribution < -0.4 is 10.2 Å². The van der Waals surface area contributed by atoms with Gasteiger partial charge in [0, 0.05) is 37.4 Å². The van der Waals surface area contributed by atoms with E-state index in [9.17, 15) is 8.42 Å². The van der Waals surface area contributed by atoms with Gasteiger partial charge in [-0.25, -0.2) is 13.4 Å². The standard InChI is InChI=1S/C13H21N3O2S/c1-11(2)15-10-12-4-3-5-14-13(12)16-6-8-19(17,18)9-7-16/h3-5,11,15H,6-10H2,1-2H3. The van der Waals surface area contributed by atoms with Crippen molar-refractivity contribution in [2.24, 2.45) is 0 Å². The van der Waals surface area contributed by atoms with Crippen LogP contribution in [0.3, 0.4) is 0 Å². The molecule has 2 heterocycles. The van der Waals surface area contributed by atoms with Gasteiger partial charge in [0.15, 0.2) is 9.84 Å². The van der Waals surface area contributed by atoms with Gasteiger partial charge in [0.2, 0.25) is 0 Å². The molecule has 0 radical (unpaired) electrons. The Hall–Kier alpha value is -1.14. The Kier molecular flexibility index (Phi) is 4.42. The maximum atomic E-state index is 11.5. The number of nitrogens with one attached hydrogen (secondary N) is 1. The van der Waals surface area contributed by atoms with Gasteiger partial charge < -0.3 is 10.2 Å². The molecule has 1 fully saturated rings. The maximum Gasteiger partial charge on any atom is 0.153 e. The van der Waals surface area contributed by atoms with Crippen molar-refractivity contribution >= 4 is 15.7 Å². The molecule has 0 bridgehead atoms. The average molecular weight is 283 g/mol. The van der Waals surface area contributed by atoms with E-state index in [0.29, 0.717) is 19.1 Å². The van der Waals surface area contributed by atoms with E-state index in [2.05, 4.69) is 29.0 Å². The molecule has 2 rings (SSSR count).